The highest BCUT2D eigenvalue weighted by Gasteiger charge is 2.38. The van der Waals surface area contributed by atoms with Crippen LogP contribution in [0.3, 0.4) is 0 Å². The van der Waals surface area contributed by atoms with Crippen LogP contribution in [0, 0.1) is 13.8 Å². The first kappa shape index (κ1) is 22.5. The molecule has 0 bridgehead atoms. The van der Waals surface area contributed by atoms with Crippen molar-refractivity contribution in [1.82, 2.24) is 0 Å². The topological polar surface area (TPSA) is 71.4 Å². The van der Waals surface area contributed by atoms with Crippen LogP contribution in [0.5, 0.6) is 0 Å². The molecule has 1 N–H and O–H groups in total. The lowest BCUT2D eigenvalue weighted by Crippen LogP contribution is -2.34. The molecule has 0 saturated heterocycles. The Balaban J connectivity index is 1.95. The van der Waals surface area contributed by atoms with E-state index in [0.717, 1.165) is 35.1 Å². The fraction of sp³-hybridized carbons (Fsp3) is 0.480. The molecule has 0 atom stereocenters. The number of aromatic carboxylic acids is 1. The summed E-state index contributed by atoms with van der Waals surface area (Å²) < 4.78 is 26.6. The fourth-order valence-electron chi connectivity index (χ4n) is 4.50. The predicted octanol–water partition coefficient (Wildman–Crippen LogP) is 5.37. The highest BCUT2D eigenvalue weighted by Crippen LogP contribution is 2.47. The number of carboxylic acids is 1. The van der Waals surface area contributed by atoms with Gasteiger partial charge in [0.05, 0.1) is 16.2 Å². The molecule has 0 aromatic heterocycles. The standard InChI is InChI=1S/C25H32O4S/c1-16-13-19(23(26)27)8-7-18(16)9-12-30(28,29)22-15-21-20(14-17(22)2)24(3,4)10-11-25(21,5)6/h7-8,13-15H,9-12H2,1-6H3,(H,26,27). The number of carboxylic acid groups (broad SMARTS) is 1. The third-order valence-electron chi connectivity index (χ3n) is 6.71. The maximum atomic E-state index is 13.3. The summed E-state index contributed by atoms with van der Waals surface area (Å²) in [5, 5.41) is 9.12. The smallest absolute Gasteiger partial charge is 0.335 e. The zero-order valence-corrected chi connectivity index (χ0v) is 19.6. The first-order valence-electron chi connectivity index (χ1n) is 10.5. The molecular weight excluding hydrogens is 396 g/mol. The molecule has 4 nitrogen and oxygen atoms in total. The molecule has 0 aliphatic heterocycles. The monoisotopic (exact) mass is 428 g/mol. The van der Waals surface area contributed by atoms with Crippen molar-refractivity contribution in [2.75, 3.05) is 5.75 Å². The minimum absolute atomic E-state index is 0.00368. The number of benzene rings is 2. The van der Waals surface area contributed by atoms with Crippen molar-refractivity contribution in [3.63, 3.8) is 0 Å². The van der Waals surface area contributed by atoms with Gasteiger partial charge in [0.2, 0.25) is 0 Å². The molecule has 0 spiro atoms. The first-order chi connectivity index (χ1) is 13.7. The van der Waals surface area contributed by atoms with E-state index in [4.69, 9.17) is 5.11 Å². The average Bonchev–Trinajstić information content (AvgIpc) is 2.64. The van der Waals surface area contributed by atoms with E-state index in [-0.39, 0.29) is 22.1 Å². The number of sulfone groups is 1. The SMILES string of the molecule is Cc1cc(C(=O)O)ccc1CCS(=O)(=O)c1cc2c(cc1C)C(C)(C)CCC2(C)C. The number of fused-ring (bicyclic) bond motifs is 1. The molecule has 1 aliphatic carbocycles. The van der Waals surface area contributed by atoms with Crippen molar-refractivity contribution in [2.24, 2.45) is 0 Å². The van der Waals surface area contributed by atoms with Gasteiger partial charge in [-0.1, -0.05) is 39.8 Å². The highest BCUT2D eigenvalue weighted by atomic mass is 32.2. The van der Waals surface area contributed by atoms with E-state index in [1.807, 2.05) is 19.9 Å². The van der Waals surface area contributed by atoms with E-state index in [0.29, 0.717) is 11.3 Å². The summed E-state index contributed by atoms with van der Waals surface area (Å²) in [6.45, 7) is 12.6. The molecule has 5 heteroatoms. The summed E-state index contributed by atoms with van der Waals surface area (Å²) in [6.07, 6.45) is 2.48. The second kappa shape index (κ2) is 7.52. The maximum Gasteiger partial charge on any atom is 0.335 e. The normalized spacial score (nSPS) is 17.4. The summed E-state index contributed by atoms with van der Waals surface area (Å²) in [5.41, 5.74) is 5.08. The second-order valence-corrected chi connectivity index (χ2v) is 12.0. The number of rotatable bonds is 5. The quantitative estimate of drug-likeness (QED) is 0.695. The molecule has 0 unspecified atom stereocenters. The molecule has 0 radical (unpaired) electrons. The van der Waals surface area contributed by atoms with Gasteiger partial charge in [-0.3, -0.25) is 0 Å². The zero-order valence-electron chi connectivity index (χ0n) is 18.8. The van der Waals surface area contributed by atoms with Gasteiger partial charge in [0.15, 0.2) is 9.84 Å². The van der Waals surface area contributed by atoms with Gasteiger partial charge in [-0.05, 0) is 90.0 Å². The van der Waals surface area contributed by atoms with Crippen LogP contribution in [0.25, 0.3) is 0 Å². The lowest BCUT2D eigenvalue weighted by molar-refractivity contribution is 0.0696. The van der Waals surface area contributed by atoms with Crippen LogP contribution in [0.15, 0.2) is 35.2 Å². The lowest BCUT2D eigenvalue weighted by atomic mass is 9.63. The second-order valence-electron chi connectivity index (χ2n) is 9.95. The molecule has 0 fully saturated rings. The van der Waals surface area contributed by atoms with Crippen LogP contribution in [0.1, 0.15) is 78.7 Å². The summed E-state index contributed by atoms with van der Waals surface area (Å²) in [4.78, 5) is 11.5. The number of hydrogen-bond donors (Lipinski definition) is 1. The fourth-order valence-corrected chi connectivity index (χ4v) is 6.06. The molecule has 3 rings (SSSR count). The minimum atomic E-state index is -3.47. The molecule has 2 aromatic rings. The lowest BCUT2D eigenvalue weighted by Gasteiger charge is -2.42. The molecule has 2 aromatic carbocycles. The van der Waals surface area contributed by atoms with Crippen LogP contribution in [-0.4, -0.2) is 25.2 Å². The number of aryl methyl sites for hydroxylation is 3. The zero-order chi connectivity index (χ0) is 22.5. The Bertz CT molecular complexity index is 1110. The highest BCUT2D eigenvalue weighted by molar-refractivity contribution is 7.91. The Labute approximate surface area is 180 Å². The molecule has 0 heterocycles. The first-order valence-corrected chi connectivity index (χ1v) is 12.1. The Hall–Kier alpha value is -2.14. The summed E-state index contributed by atoms with van der Waals surface area (Å²) >= 11 is 0. The van der Waals surface area contributed by atoms with Crippen LogP contribution in [0.2, 0.25) is 0 Å². The van der Waals surface area contributed by atoms with E-state index in [9.17, 15) is 13.2 Å². The van der Waals surface area contributed by atoms with Gasteiger partial charge in [0.1, 0.15) is 0 Å². The van der Waals surface area contributed by atoms with E-state index < -0.39 is 15.8 Å². The molecule has 0 amide bonds. The van der Waals surface area contributed by atoms with Crippen molar-refractivity contribution >= 4 is 15.8 Å². The van der Waals surface area contributed by atoms with Crippen molar-refractivity contribution in [3.05, 3.63) is 63.7 Å². The largest absolute Gasteiger partial charge is 0.478 e. The Morgan fingerprint density at radius 3 is 2.03 bits per heavy atom. The van der Waals surface area contributed by atoms with Gasteiger partial charge in [-0.2, -0.15) is 0 Å². The van der Waals surface area contributed by atoms with Gasteiger partial charge in [-0.15, -0.1) is 0 Å². The van der Waals surface area contributed by atoms with E-state index in [2.05, 4.69) is 33.8 Å². The Morgan fingerprint density at radius 2 is 1.50 bits per heavy atom. The van der Waals surface area contributed by atoms with Crippen molar-refractivity contribution in [1.29, 1.82) is 0 Å². The van der Waals surface area contributed by atoms with Crippen LogP contribution >= 0.6 is 0 Å². The van der Waals surface area contributed by atoms with Crippen LogP contribution < -0.4 is 0 Å². The average molecular weight is 429 g/mol. The van der Waals surface area contributed by atoms with Crippen LogP contribution in [-0.2, 0) is 27.1 Å². The third-order valence-corrected chi connectivity index (χ3v) is 8.56. The van der Waals surface area contributed by atoms with Gasteiger partial charge in [-0.25, -0.2) is 13.2 Å². The molecular formula is C25H32O4S. The summed E-state index contributed by atoms with van der Waals surface area (Å²) in [5.74, 6) is -0.975. The van der Waals surface area contributed by atoms with E-state index in [1.54, 1.807) is 12.1 Å². The van der Waals surface area contributed by atoms with Gasteiger partial charge >= 0.3 is 5.97 Å². The molecule has 1 aliphatic rings. The van der Waals surface area contributed by atoms with Crippen molar-refractivity contribution < 1.29 is 18.3 Å². The maximum absolute atomic E-state index is 13.3. The summed E-state index contributed by atoms with van der Waals surface area (Å²) in [6, 6.07) is 8.85. The van der Waals surface area contributed by atoms with Crippen molar-refractivity contribution in [2.45, 2.75) is 76.5 Å². The number of carbonyl (C=O) groups is 1. The Kier molecular flexibility index (Phi) is 5.65. The van der Waals surface area contributed by atoms with Crippen LogP contribution in [0.4, 0.5) is 0 Å². The molecule has 30 heavy (non-hydrogen) atoms. The van der Waals surface area contributed by atoms with Gasteiger partial charge < -0.3 is 5.11 Å². The van der Waals surface area contributed by atoms with E-state index in [1.165, 1.54) is 11.6 Å². The predicted molar refractivity (Wildman–Crippen MR) is 120 cm³/mol. The molecule has 162 valence electrons. The van der Waals surface area contributed by atoms with E-state index >= 15 is 0 Å². The van der Waals surface area contributed by atoms with Gasteiger partial charge in [0, 0.05) is 0 Å². The Morgan fingerprint density at radius 1 is 0.933 bits per heavy atom. The number of hydrogen-bond acceptors (Lipinski definition) is 3. The third kappa shape index (κ3) is 4.18. The minimum Gasteiger partial charge on any atom is -0.478 e. The van der Waals surface area contributed by atoms with Crippen molar-refractivity contribution in [3.8, 4) is 0 Å². The van der Waals surface area contributed by atoms with Gasteiger partial charge in [0.25, 0.3) is 0 Å². The molecule has 0 saturated carbocycles. The summed E-state index contributed by atoms with van der Waals surface area (Å²) in [7, 11) is -3.47.